The molecule has 180 valence electrons. The van der Waals surface area contributed by atoms with Crippen molar-refractivity contribution in [3.63, 3.8) is 0 Å². The Morgan fingerprint density at radius 2 is 1.60 bits per heavy atom. The number of nitrogens with zero attached hydrogens (tertiary/aromatic N) is 1. The van der Waals surface area contributed by atoms with Crippen LogP contribution in [0.2, 0.25) is 10.0 Å². The number of halogens is 2. The summed E-state index contributed by atoms with van der Waals surface area (Å²) < 4.78 is 30.5. The van der Waals surface area contributed by atoms with Crippen LogP contribution in [0.5, 0.6) is 5.75 Å². The van der Waals surface area contributed by atoms with Gasteiger partial charge < -0.3 is 4.18 Å². The maximum atomic E-state index is 12.9. The molecule has 0 radical (unpaired) electrons. The predicted octanol–water partition coefficient (Wildman–Crippen LogP) is 6.61. The van der Waals surface area contributed by atoms with Crippen LogP contribution in [0.15, 0.2) is 70.5 Å². The third-order valence-electron chi connectivity index (χ3n) is 5.28. The molecule has 0 saturated carbocycles. The van der Waals surface area contributed by atoms with Crippen molar-refractivity contribution in [2.75, 3.05) is 0 Å². The number of carbonyl (C=O) groups is 2. The van der Waals surface area contributed by atoms with Gasteiger partial charge in [0.25, 0.3) is 11.1 Å². The van der Waals surface area contributed by atoms with E-state index in [0.29, 0.717) is 5.56 Å². The number of imide groups is 1. The molecule has 1 aliphatic heterocycles. The molecule has 0 aliphatic carbocycles. The normalized spacial score (nSPS) is 15.2. The molecule has 0 unspecified atom stereocenters. The highest BCUT2D eigenvalue weighted by molar-refractivity contribution is 8.18. The molecule has 6 nitrogen and oxygen atoms in total. The van der Waals surface area contributed by atoms with Crippen molar-refractivity contribution in [1.82, 2.24) is 4.90 Å². The minimum Gasteiger partial charge on any atom is -0.376 e. The van der Waals surface area contributed by atoms with E-state index in [-0.39, 0.29) is 37.4 Å². The summed E-state index contributed by atoms with van der Waals surface area (Å²) >= 11 is 13.4. The Morgan fingerprint density at radius 3 is 2.23 bits per heavy atom. The first-order chi connectivity index (χ1) is 16.5. The number of benzene rings is 3. The van der Waals surface area contributed by atoms with E-state index < -0.39 is 16.0 Å². The fourth-order valence-corrected chi connectivity index (χ4v) is 5.83. The lowest BCUT2D eigenvalue weighted by atomic mass is 10.1. The SMILES string of the molecule is Cc1ccc(S(=O)(=O)Oc2c(Cl)cc(/C=C3\SC(=O)N(Cc4ccccc4C)C3=O)cc2Cl)cc1. The van der Waals surface area contributed by atoms with Gasteiger partial charge in [0.1, 0.15) is 4.90 Å². The Morgan fingerprint density at radius 1 is 0.971 bits per heavy atom. The molecule has 0 N–H and O–H groups in total. The van der Waals surface area contributed by atoms with Crippen molar-refractivity contribution in [1.29, 1.82) is 0 Å². The molecule has 0 bridgehead atoms. The largest absolute Gasteiger partial charge is 0.376 e. The molecule has 3 aromatic rings. The molecule has 1 saturated heterocycles. The Kier molecular flexibility index (Phi) is 7.28. The highest BCUT2D eigenvalue weighted by Crippen LogP contribution is 2.39. The second-order valence-corrected chi connectivity index (χ2v) is 11.2. The van der Waals surface area contributed by atoms with Crippen LogP contribution in [0.4, 0.5) is 4.79 Å². The molecule has 0 atom stereocenters. The summed E-state index contributed by atoms with van der Waals surface area (Å²) in [7, 11) is -4.16. The van der Waals surface area contributed by atoms with Crippen LogP contribution in [0.1, 0.15) is 22.3 Å². The minimum atomic E-state index is -4.16. The van der Waals surface area contributed by atoms with Gasteiger partial charge in [-0.25, -0.2) is 0 Å². The van der Waals surface area contributed by atoms with Gasteiger partial charge in [-0.15, -0.1) is 0 Å². The van der Waals surface area contributed by atoms with Crippen LogP contribution < -0.4 is 4.18 Å². The summed E-state index contributed by atoms with van der Waals surface area (Å²) in [5.41, 5.74) is 3.16. The molecule has 1 fully saturated rings. The molecule has 0 spiro atoms. The number of hydrogen-bond donors (Lipinski definition) is 0. The van der Waals surface area contributed by atoms with Gasteiger partial charge in [0, 0.05) is 0 Å². The topological polar surface area (TPSA) is 80.8 Å². The van der Waals surface area contributed by atoms with E-state index in [9.17, 15) is 18.0 Å². The highest BCUT2D eigenvalue weighted by atomic mass is 35.5. The second kappa shape index (κ2) is 10.1. The number of rotatable bonds is 6. The molecule has 35 heavy (non-hydrogen) atoms. The maximum absolute atomic E-state index is 12.9. The van der Waals surface area contributed by atoms with E-state index in [1.165, 1.54) is 35.2 Å². The number of carbonyl (C=O) groups excluding carboxylic acids is 2. The number of hydrogen-bond acceptors (Lipinski definition) is 6. The average Bonchev–Trinajstić information content (AvgIpc) is 3.05. The van der Waals surface area contributed by atoms with Crippen LogP contribution in [0, 0.1) is 13.8 Å². The predicted molar refractivity (Wildman–Crippen MR) is 138 cm³/mol. The summed E-state index contributed by atoms with van der Waals surface area (Å²) in [5.74, 6) is -0.656. The molecule has 0 aromatic heterocycles. The van der Waals surface area contributed by atoms with Gasteiger partial charge in [0.2, 0.25) is 0 Å². The van der Waals surface area contributed by atoms with Gasteiger partial charge in [-0.1, -0.05) is 65.2 Å². The van der Waals surface area contributed by atoms with Crippen LogP contribution >= 0.6 is 35.0 Å². The third-order valence-corrected chi connectivity index (χ3v) is 7.99. The zero-order chi connectivity index (χ0) is 25.3. The van der Waals surface area contributed by atoms with Gasteiger partial charge in [-0.2, -0.15) is 8.42 Å². The Labute approximate surface area is 217 Å². The van der Waals surface area contributed by atoms with Crippen LogP contribution in [0.3, 0.4) is 0 Å². The Balaban J connectivity index is 1.57. The summed E-state index contributed by atoms with van der Waals surface area (Å²) in [6.07, 6.45) is 1.48. The van der Waals surface area contributed by atoms with E-state index in [4.69, 9.17) is 27.4 Å². The van der Waals surface area contributed by atoms with E-state index >= 15 is 0 Å². The van der Waals surface area contributed by atoms with Crippen LogP contribution in [0.25, 0.3) is 6.08 Å². The van der Waals surface area contributed by atoms with Gasteiger partial charge in [-0.3, -0.25) is 14.5 Å². The monoisotopic (exact) mass is 547 g/mol. The molecular formula is C25H19Cl2NO5S2. The first-order valence-corrected chi connectivity index (χ1v) is 13.3. The molecule has 4 rings (SSSR count). The summed E-state index contributed by atoms with van der Waals surface area (Å²) in [6, 6.07) is 16.5. The second-order valence-electron chi connectivity index (χ2n) is 7.86. The molecular weight excluding hydrogens is 529 g/mol. The molecule has 3 aromatic carbocycles. The van der Waals surface area contributed by atoms with Gasteiger partial charge >= 0.3 is 10.1 Å². The average molecular weight is 548 g/mol. The van der Waals surface area contributed by atoms with Crippen LogP contribution in [-0.2, 0) is 21.5 Å². The van der Waals surface area contributed by atoms with E-state index in [1.54, 1.807) is 12.1 Å². The van der Waals surface area contributed by atoms with Gasteiger partial charge in [0.15, 0.2) is 5.75 Å². The first-order valence-electron chi connectivity index (χ1n) is 10.4. The minimum absolute atomic E-state index is 0.0402. The van der Waals surface area contributed by atoms with Crippen molar-refractivity contribution < 1.29 is 22.2 Å². The summed E-state index contributed by atoms with van der Waals surface area (Å²) in [6.45, 7) is 3.91. The summed E-state index contributed by atoms with van der Waals surface area (Å²) in [5, 5.41) is -0.497. The van der Waals surface area contributed by atoms with E-state index in [2.05, 4.69) is 0 Å². The fraction of sp³-hybridized carbons (Fsp3) is 0.120. The quantitative estimate of drug-likeness (QED) is 0.255. The van der Waals surface area contributed by atoms with Crippen molar-refractivity contribution in [2.24, 2.45) is 0 Å². The van der Waals surface area contributed by atoms with Crippen molar-refractivity contribution in [3.8, 4) is 5.75 Å². The zero-order valence-electron chi connectivity index (χ0n) is 18.6. The standard InChI is InChI=1S/C25H19Cl2NO5S2/c1-15-7-9-19(10-8-15)35(31,32)33-23-20(26)11-17(12-21(23)27)13-22-24(29)28(25(30)34-22)14-18-6-4-3-5-16(18)2/h3-13H,14H2,1-2H3/b22-13-. The number of aryl methyl sites for hydroxylation is 2. The zero-order valence-corrected chi connectivity index (χ0v) is 21.8. The molecule has 1 heterocycles. The smallest absolute Gasteiger partial charge is 0.339 e. The lowest BCUT2D eigenvalue weighted by Crippen LogP contribution is -2.27. The maximum Gasteiger partial charge on any atom is 0.339 e. The van der Waals surface area contributed by atoms with Gasteiger partial charge in [-0.05, 0) is 72.6 Å². The molecule has 2 amide bonds. The fourth-order valence-electron chi connectivity index (χ4n) is 3.35. The lowest BCUT2D eigenvalue weighted by molar-refractivity contribution is -0.123. The third kappa shape index (κ3) is 5.56. The highest BCUT2D eigenvalue weighted by Gasteiger charge is 2.35. The van der Waals surface area contributed by atoms with E-state index in [1.807, 2.05) is 38.1 Å². The van der Waals surface area contributed by atoms with Crippen molar-refractivity contribution in [3.05, 3.63) is 97.9 Å². The first kappa shape index (κ1) is 25.3. The van der Waals surface area contributed by atoms with Crippen molar-refractivity contribution >= 4 is 62.3 Å². The Bertz CT molecular complexity index is 1440. The van der Waals surface area contributed by atoms with Crippen molar-refractivity contribution in [2.45, 2.75) is 25.3 Å². The number of thioether (sulfide) groups is 1. The molecule has 10 heteroatoms. The number of amides is 2. The molecule has 1 aliphatic rings. The van der Waals surface area contributed by atoms with E-state index in [0.717, 1.165) is 28.5 Å². The Hall–Kier alpha value is -2.78. The van der Waals surface area contributed by atoms with Crippen LogP contribution in [-0.4, -0.2) is 24.5 Å². The summed E-state index contributed by atoms with van der Waals surface area (Å²) in [4.78, 5) is 26.7. The lowest BCUT2D eigenvalue weighted by Gasteiger charge is -2.14. The van der Waals surface area contributed by atoms with Gasteiger partial charge in [0.05, 0.1) is 21.5 Å².